The van der Waals surface area contributed by atoms with Crippen LogP contribution < -0.4 is 11.1 Å². The lowest BCUT2D eigenvalue weighted by atomic mass is 9.82. The Morgan fingerprint density at radius 3 is 1.98 bits per heavy atom. The van der Waals surface area contributed by atoms with Crippen LogP contribution in [-0.2, 0) is 31.9 Å². The maximum absolute atomic E-state index is 15.1. The van der Waals surface area contributed by atoms with Crippen LogP contribution in [0.2, 0.25) is 0 Å². The van der Waals surface area contributed by atoms with Crippen molar-refractivity contribution in [1.29, 1.82) is 0 Å². The highest BCUT2D eigenvalue weighted by Crippen LogP contribution is 2.30. The Balaban J connectivity index is 1.14. The number of rotatable bonds is 14. The molecule has 0 spiro atoms. The van der Waals surface area contributed by atoms with Crippen molar-refractivity contribution in [1.82, 2.24) is 5.32 Å². The Morgan fingerprint density at radius 1 is 0.857 bits per heavy atom. The van der Waals surface area contributed by atoms with Crippen LogP contribution in [0.1, 0.15) is 59.4 Å². The lowest BCUT2D eigenvalue weighted by molar-refractivity contribution is -0.146. The van der Waals surface area contributed by atoms with E-state index in [2.05, 4.69) is 5.32 Å². The molecule has 0 radical (unpaired) electrons. The number of carbonyl (C=O) groups is 2. The molecule has 1 aliphatic heterocycles. The molecule has 1 heterocycles. The van der Waals surface area contributed by atoms with Crippen molar-refractivity contribution in [3.63, 3.8) is 0 Å². The number of nitrogens with one attached hydrogen (secondary N) is 1. The molecule has 0 unspecified atom stereocenters. The zero-order valence-electron chi connectivity index (χ0n) is 27.2. The van der Waals surface area contributed by atoms with Crippen molar-refractivity contribution in [2.24, 2.45) is 5.73 Å². The van der Waals surface area contributed by atoms with Crippen LogP contribution in [0.25, 0.3) is 0 Å². The minimum atomic E-state index is -1.06. The summed E-state index contributed by atoms with van der Waals surface area (Å²) in [6.45, 7) is 2.79. The van der Waals surface area contributed by atoms with Gasteiger partial charge in [-0.15, -0.1) is 0 Å². The molecular formula is C39H40F4N2O4. The van der Waals surface area contributed by atoms with Gasteiger partial charge in [0.1, 0.15) is 29.9 Å². The number of ketones is 1. The van der Waals surface area contributed by atoms with E-state index in [4.69, 9.17) is 15.2 Å². The highest BCUT2D eigenvalue weighted by Gasteiger charge is 2.29. The Hall–Kier alpha value is -4.38. The van der Waals surface area contributed by atoms with Crippen LogP contribution >= 0.6 is 0 Å². The smallest absolute Gasteiger partial charge is 0.306 e. The lowest BCUT2D eigenvalue weighted by Gasteiger charge is -2.30. The van der Waals surface area contributed by atoms with Crippen molar-refractivity contribution in [2.75, 3.05) is 19.8 Å². The zero-order valence-corrected chi connectivity index (χ0v) is 27.2. The number of Topliss-reactive ketones (excluding diaryl/α,β-unsaturated/α-hetero) is 1. The van der Waals surface area contributed by atoms with Crippen molar-refractivity contribution in [2.45, 2.75) is 62.6 Å². The Bertz CT molecular complexity index is 1650. The van der Waals surface area contributed by atoms with Gasteiger partial charge in [-0.1, -0.05) is 55.5 Å². The third-order valence-electron chi connectivity index (χ3n) is 9.01. The summed E-state index contributed by atoms with van der Waals surface area (Å²) in [5, 5.41) is 3.32. The molecule has 3 N–H and O–H groups in total. The monoisotopic (exact) mass is 676 g/mol. The van der Waals surface area contributed by atoms with Gasteiger partial charge in [0.2, 0.25) is 0 Å². The average Bonchev–Trinajstić information content (AvgIpc) is 3.09. The lowest BCUT2D eigenvalue weighted by Crippen LogP contribution is -2.49. The van der Waals surface area contributed by atoms with Crippen LogP contribution in [-0.4, -0.2) is 49.7 Å². The Labute approximate surface area is 283 Å². The Morgan fingerprint density at radius 2 is 1.43 bits per heavy atom. The van der Waals surface area contributed by atoms with E-state index in [0.29, 0.717) is 48.2 Å². The largest absolute Gasteiger partial charge is 0.464 e. The number of nitrogens with two attached hydrogens (primary N) is 1. The fourth-order valence-electron chi connectivity index (χ4n) is 6.17. The van der Waals surface area contributed by atoms with Crippen LogP contribution in [0.3, 0.4) is 0 Å². The number of benzene rings is 4. The SMILES string of the molecule is C[C@H](CC(=O)OC[C@@H]1CO[C@H](CCc2c(F)cccc2CC(=O)[C@@H](N)C(c2ccc(F)cc2)c2ccc(F)cc2)CN1)c1ccc(F)cc1. The van der Waals surface area contributed by atoms with Crippen molar-refractivity contribution in [3.05, 3.63) is 142 Å². The minimum absolute atomic E-state index is 0.117. The highest BCUT2D eigenvalue weighted by molar-refractivity contribution is 5.87. The molecule has 4 aromatic rings. The van der Waals surface area contributed by atoms with Gasteiger partial charge in [0.15, 0.2) is 5.78 Å². The predicted molar refractivity (Wildman–Crippen MR) is 178 cm³/mol. The number of morpholine rings is 1. The third kappa shape index (κ3) is 9.84. The minimum Gasteiger partial charge on any atom is -0.464 e. The van der Waals surface area contributed by atoms with Gasteiger partial charge in [-0.2, -0.15) is 0 Å². The molecule has 0 amide bonds. The van der Waals surface area contributed by atoms with Gasteiger partial charge in [0.25, 0.3) is 0 Å². The van der Waals surface area contributed by atoms with Gasteiger partial charge in [-0.05, 0) is 89.0 Å². The number of esters is 1. The van der Waals surface area contributed by atoms with Crippen LogP contribution in [0.4, 0.5) is 17.6 Å². The molecule has 1 saturated heterocycles. The molecule has 0 aromatic heterocycles. The quantitative estimate of drug-likeness (QED) is 0.117. The van der Waals surface area contributed by atoms with E-state index in [9.17, 15) is 22.8 Å². The summed E-state index contributed by atoms with van der Waals surface area (Å²) >= 11 is 0. The van der Waals surface area contributed by atoms with Crippen molar-refractivity contribution < 1.29 is 36.6 Å². The second-order valence-electron chi connectivity index (χ2n) is 12.6. The standard InChI is InChI=1S/C39H40F4N2O4/c1-24(25-5-11-29(40)12-6-25)19-37(47)49-23-32-22-48-33(21-45-32)17-18-34-28(3-2-4-35(34)43)20-36(46)39(44)38(26-7-13-30(41)14-8-26)27-9-15-31(42)16-10-27/h2-16,24,32-33,38-39,45H,17-23,44H2,1H3/t24-,32+,33-,39-/m1/s1. The van der Waals surface area contributed by atoms with Crippen LogP contribution in [0, 0.1) is 23.3 Å². The molecule has 0 bridgehead atoms. The topological polar surface area (TPSA) is 90.7 Å². The molecule has 258 valence electrons. The second-order valence-corrected chi connectivity index (χ2v) is 12.6. The van der Waals surface area contributed by atoms with E-state index in [1.54, 1.807) is 48.5 Å². The number of hydrogen-bond donors (Lipinski definition) is 2. The highest BCUT2D eigenvalue weighted by atomic mass is 19.1. The summed E-state index contributed by atoms with van der Waals surface area (Å²) < 4.78 is 67.2. The van der Waals surface area contributed by atoms with E-state index in [1.807, 2.05) is 6.92 Å². The van der Waals surface area contributed by atoms with Gasteiger partial charge in [0, 0.05) is 18.9 Å². The van der Waals surface area contributed by atoms with Gasteiger partial charge in [0.05, 0.1) is 31.2 Å². The van der Waals surface area contributed by atoms with Gasteiger partial charge in [-0.3, -0.25) is 9.59 Å². The van der Waals surface area contributed by atoms with Crippen LogP contribution in [0.5, 0.6) is 0 Å². The fourth-order valence-corrected chi connectivity index (χ4v) is 6.17. The van der Waals surface area contributed by atoms with Gasteiger partial charge >= 0.3 is 5.97 Å². The Kier molecular flexibility index (Phi) is 12.3. The second kappa shape index (κ2) is 16.8. The molecular weight excluding hydrogens is 636 g/mol. The molecule has 1 aliphatic rings. The van der Waals surface area contributed by atoms with Crippen molar-refractivity contribution >= 4 is 11.8 Å². The summed E-state index contributed by atoms with van der Waals surface area (Å²) in [5.74, 6) is -3.13. The number of carbonyl (C=O) groups excluding carboxylic acids is 2. The van der Waals surface area contributed by atoms with Crippen molar-refractivity contribution in [3.8, 4) is 0 Å². The zero-order chi connectivity index (χ0) is 34.9. The summed E-state index contributed by atoms with van der Waals surface area (Å²) in [6.07, 6.45) is 0.620. The van der Waals surface area contributed by atoms with E-state index >= 15 is 4.39 Å². The predicted octanol–water partition coefficient (Wildman–Crippen LogP) is 6.54. The maximum Gasteiger partial charge on any atom is 0.306 e. The van der Waals surface area contributed by atoms with E-state index in [0.717, 1.165) is 5.56 Å². The summed E-state index contributed by atoms with van der Waals surface area (Å²) in [6, 6.07) is 20.7. The van der Waals surface area contributed by atoms with E-state index in [1.165, 1.54) is 42.5 Å². The molecule has 1 fully saturated rings. The molecule has 4 atom stereocenters. The molecule has 4 aromatic carbocycles. The number of halogens is 4. The summed E-state index contributed by atoms with van der Waals surface area (Å²) in [4.78, 5) is 26.0. The van der Waals surface area contributed by atoms with Crippen LogP contribution in [0.15, 0.2) is 91.0 Å². The number of hydrogen-bond acceptors (Lipinski definition) is 6. The average molecular weight is 677 g/mol. The molecule has 5 rings (SSSR count). The number of ether oxygens (including phenoxy) is 2. The first-order chi connectivity index (χ1) is 23.6. The normalized spacial score (nSPS) is 17.4. The molecule has 10 heteroatoms. The first kappa shape index (κ1) is 35.9. The van der Waals surface area contributed by atoms with E-state index in [-0.39, 0.29) is 55.1 Å². The first-order valence-electron chi connectivity index (χ1n) is 16.4. The molecule has 0 aliphatic carbocycles. The van der Waals surface area contributed by atoms with Gasteiger partial charge in [-0.25, -0.2) is 17.6 Å². The summed E-state index contributed by atoms with van der Waals surface area (Å²) in [5.41, 5.74) is 9.50. The maximum atomic E-state index is 15.1. The van der Waals surface area contributed by atoms with Gasteiger partial charge < -0.3 is 20.5 Å². The third-order valence-corrected chi connectivity index (χ3v) is 9.01. The summed E-state index contributed by atoms with van der Waals surface area (Å²) in [7, 11) is 0. The molecule has 0 saturated carbocycles. The fraction of sp³-hybridized carbons (Fsp3) is 0.333. The molecule has 6 nitrogen and oxygen atoms in total. The first-order valence-corrected chi connectivity index (χ1v) is 16.4. The van der Waals surface area contributed by atoms with E-state index < -0.39 is 29.4 Å². The molecule has 49 heavy (non-hydrogen) atoms.